The average molecular weight is 434 g/mol. The first-order chi connectivity index (χ1) is 11.4. The highest BCUT2D eigenvalue weighted by atomic mass is 79.9. The summed E-state index contributed by atoms with van der Waals surface area (Å²) in [5, 5.41) is -0.290. The number of carbonyl (C=O) groups excluding carboxylic acids is 1. The van der Waals surface area contributed by atoms with Gasteiger partial charge in [0.15, 0.2) is 11.5 Å². The van der Waals surface area contributed by atoms with E-state index < -0.39 is 11.1 Å². The topological polar surface area (TPSA) is 35.5 Å². The van der Waals surface area contributed by atoms with Crippen LogP contribution in [0.3, 0.4) is 0 Å². The second-order valence-electron chi connectivity index (χ2n) is 4.70. The molecule has 0 bridgehead atoms. The minimum atomic E-state index is -0.573. The van der Waals surface area contributed by atoms with Gasteiger partial charge in [-0.05, 0) is 69.5 Å². The fourth-order valence-electron chi connectivity index (χ4n) is 1.93. The van der Waals surface area contributed by atoms with Gasteiger partial charge in [0.1, 0.15) is 12.4 Å². The number of hydrogen-bond acceptors (Lipinski definition) is 3. The third-order valence-corrected chi connectivity index (χ3v) is 4.11. The van der Waals surface area contributed by atoms with Crippen LogP contribution in [0.25, 0.3) is 6.08 Å². The Morgan fingerprint density at radius 3 is 2.71 bits per heavy atom. The smallest absolute Gasteiger partial charge is 0.245 e. The summed E-state index contributed by atoms with van der Waals surface area (Å²) in [6.45, 7) is 0.142. The lowest BCUT2D eigenvalue weighted by atomic mass is 10.2. The molecule has 0 aliphatic heterocycles. The first-order valence-electron chi connectivity index (χ1n) is 6.72. The fourth-order valence-corrected chi connectivity index (χ4v) is 2.79. The van der Waals surface area contributed by atoms with Crippen LogP contribution in [0.5, 0.6) is 11.5 Å². The Kier molecular flexibility index (Phi) is 6.66. The monoisotopic (exact) mass is 432 g/mol. The Hall–Kier alpha value is -1.56. The van der Waals surface area contributed by atoms with Gasteiger partial charge in [-0.2, -0.15) is 0 Å². The van der Waals surface area contributed by atoms with E-state index in [1.807, 2.05) is 0 Å². The lowest BCUT2D eigenvalue weighted by Gasteiger charge is -2.14. The summed E-state index contributed by atoms with van der Waals surface area (Å²) in [6.07, 6.45) is 2.80. The van der Waals surface area contributed by atoms with E-state index in [4.69, 9.17) is 32.7 Å². The van der Waals surface area contributed by atoms with Gasteiger partial charge in [-0.3, -0.25) is 4.79 Å². The van der Waals surface area contributed by atoms with Gasteiger partial charge in [-0.25, -0.2) is 4.39 Å². The first kappa shape index (κ1) is 18.8. The predicted octanol–water partition coefficient (Wildman–Crippen LogP) is 5.61. The maximum Gasteiger partial charge on any atom is 0.245 e. The van der Waals surface area contributed by atoms with Crippen molar-refractivity contribution in [2.45, 2.75) is 6.61 Å². The Balaban J connectivity index is 2.24. The van der Waals surface area contributed by atoms with Gasteiger partial charge in [0.2, 0.25) is 5.24 Å². The molecule has 2 aromatic carbocycles. The van der Waals surface area contributed by atoms with Crippen LogP contribution in [0, 0.1) is 5.82 Å². The van der Waals surface area contributed by atoms with Crippen LogP contribution in [0.4, 0.5) is 4.39 Å². The molecule has 126 valence electrons. The molecule has 3 nitrogen and oxygen atoms in total. The summed E-state index contributed by atoms with van der Waals surface area (Å²) < 4.78 is 24.8. The summed E-state index contributed by atoms with van der Waals surface area (Å²) in [4.78, 5) is 10.8. The van der Waals surface area contributed by atoms with Crippen LogP contribution in [0.2, 0.25) is 5.02 Å². The highest BCUT2D eigenvalue weighted by Crippen LogP contribution is 2.38. The third kappa shape index (κ3) is 4.97. The molecule has 0 saturated heterocycles. The fraction of sp³-hybridized carbons (Fsp3) is 0.118. The van der Waals surface area contributed by atoms with Crippen molar-refractivity contribution >= 4 is 50.5 Å². The maximum atomic E-state index is 13.1. The van der Waals surface area contributed by atoms with Gasteiger partial charge in [0.25, 0.3) is 0 Å². The van der Waals surface area contributed by atoms with Gasteiger partial charge in [-0.1, -0.05) is 17.7 Å². The standard InChI is InChI=1S/C17H12BrCl2FO3/c1-23-15-7-10(2-5-16(20)22)6-13(18)17(15)24-9-11-3-4-12(21)8-14(11)19/h2-8H,9H2,1H3/b5-2+. The number of benzene rings is 2. The molecule has 0 aliphatic rings. The molecule has 0 saturated carbocycles. The van der Waals surface area contributed by atoms with Crippen LogP contribution in [-0.2, 0) is 11.4 Å². The zero-order valence-electron chi connectivity index (χ0n) is 12.5. The number of rotatable bonds is 6. The van der Waals surface area contributed by atoms with Crippen LogP contribution < -0.4 is 9.47 Å². The molecule has 2 aromatic rings. The van der Waals surface area contributed by atoms with E-state index in [2.05, 4.69) is 15.9 Å². The maximum absolute atomic E-state index is 13.1. The molecular weight excluding hydrogens is 422 g/mol. The van der Waals surface area contributed by atoms with Crippen molar-refractivity contribution in [3.63, 3.8) is 0 Å². The summed E-state index contributed by atoms with van der Waals surface area (Å²) in [5.41, 5.74) is 1.35. The Bertz CT molecular complexity index is 794. The van der Waals surface area contributed by atoms with Crippen molar-refractivity contribution in [2.24, 2.45) is 0 Å². The quantitative estimate of drug-likeness (QED) is 0.438. The van der Waals surface area contributed by atoms with Crippen LogP contribution in [-0.4, -0.2) is 12.4 Å². The third-order valence-electron chi connectivity index (χ3n) is 3.05. The number of methoxy groups -OCH3 is 1. The van der Waals surface area contributed by atoms with Gasteiger partial charge >= 0.3 is 0 Å². The normalized spacial score (nSPS) is 10.9. The van der Waals surface area contributed by atoms with Crippen LogP contribution >= 0.6 is 39.1 Å². The van der Waals surface area contributed by atoms with E-state index in [1.54, 1.807) is 24.3 Å². The molecular formula is C17H12BrCl2FO3. The summed E-state index contributed by atoms with van der Waals surface area (Å²) in [5.74, 6) is 0.518. The number of ether oxygens (including phenoxy) is 2. The molecule has 0 N–H and O–H groups in total. The Labute approximate surface area is 157 Å². The van der Waals surface area contributed by atoms with Crippen molar-refractivity contribution in [3.05, 3.63) is 62.8 Å². The van der Waals surface area contributed by atoms with Crippen molar-refractivity contribution < 1.29 is 18.7 Å². The molecule has 24 heavy (non-hydrogen) atoms. The number of allylic oxidation sites excluding steroid dienone is 1. The lowest BCUT2D eigenvalue weighted by molar-refractivity contribution is -0.107. The summed E-state index contributed by atoms with van der Waals surface area (Å²) >= 11 is 14.7. The second-order valence-corrected chi connectivity index (χ2v) is 6.33. The molecule has 0 heterocycles. The van der Waals surface area contributed by atoms with Crippen molar-refractivity contribution in [3.8, 4) is 11.5 Å². The van der Waals surface area contributed by atoms with E-state index in [0.29, 0.717) is 27.1 Å². The molecule has 0 amide bonds. The molecule has 0 aliphatic carbocycles. The molecule has 7 heteroatoms. The van der Waals surface area contributed by atoms with Gasteiger partial charge in [0.05, 0.1) is 16.6 Å². The molecule has 0 aromatic heterocycles. The summed E-state index contributed by atoms with van der Waals surface area (Å²) in [6, 6.07) is 7.54. The van der Waals surface area contributed by atoms with E-state index in [9.17, 15) is 9.18 Å². The Morgan fingerprint density at radius 1 is 1.33 bits per heavy atom. The number of hydrogen-bond donors (Lipinski definition) is 0. The minimum Gasteiger partial charge on any atom is -0.493 e. The van der Waals surface area contributed by atoms with E-state index in [-0.39, 0.29) is 11.6 Å². The molecule has 0 atom stereocenters. The van der Waals surface area contributed by atoms with Crippen LogP contribution in [0.1, 0.15) is 11.1 Å². The zero-order valence-corrected chi connectivity index (χ0v) is 15.6. The number of carbonyl (C=O) groups is 1. The van der Waals surface area contributed by atoms with Gasteiger partial charge in [0, 0.05) is 5.56 Å². The van der Waals surface area contributed by atoms with Crippen molar-refractivity contribution in [1.82, 2.24) is 0 Å². The van der Waals surface area contributed by atoms with E-state index >= 15 is 0 Å². The highest BCUT2D eigenvalue weighted by molar-refractivity contribution is 9.10. The SMILES string of the molecule is COc1cc(/C=C/C(=O)Cl)cc(Br)c1OCc1ccc(F)cc1Cl. The lowest BCUT2D eigenvalue weighted by Crippen LogP contribution is -2.00. The second kappa shape index (κ2) is 8.51. The average Bonchev–Trinajstić information content (AvgIpc) is 2.52. The predicted molar refractivity (Wildman–Crippen MR) is 96.3 cm³/mol. The molecule has 0 spiro atoms. The molecule has 0 radical (unpaired) electrons. The zero-order chi connectivity index (χ0) is 17.7. The summed E-state index contributed by atoms with van der Waals surface area (Å²) in [7, 11) is 1.50. The first-order valence-corrected chi connectivity index (χ1v) is 8.27. The largest absolute Gasteiger partial charge is 0.493 e. The minimum absolute atomic E-state index is 0.142. The number of halogens is 4. The molecule has 0 unspecified atom stereocenters. The molecule has 2 rings (SSSR count). The van der Waals surface area contributed by atoms with Crippen LogP contribution in [0.15, 0.2) is 40.9 Å². The van der Waals surface area contributed by atoms with E-state index in [0.717, 1.165) is 0 Å². The Morgan fingerprint density at radius 2 is 2.08 bits per heavy atom. The van der Waals surface area contributed by atoms with Crippen molar-refractivity contribution in [2.75, 3.05) is 7.11 Å². The van der Waals surface area contributed by atoms with E-state index in [1.165, 1.54) is 25.3 Å². The highest BCUT2D eigenvalue weighted by Gasteiger charge is 2.12. The van der Waals surface area contributed by atoms with Gasteiger partial charge in [-0.15, -0.1) is 0 Å². The van der Waals surface area contributed by atoms with Gasteiger partial charge < -0.3 is 9.47 Å². The molecule has 0 fully saturated rings. The van der Waals surface area contributed by atoms with Crippen molar-refractivity contribution in [1.29, 1.82) is 0 Å².